The van der Waals surface area contributed by atoms with Crippen LogP contribution >= 0.6 is 0 Å². The summed E-state index contributed by atoms with van der Waals surface area (Å²) in [4.78, 5) is 28.3. The van der Waals surface area contributed by atoms with E-state index in [0.717, 1.165) is 0 Å². The van der Waals surface area contributed by atoms with Crippen LogP contribution in [0.3, 0.4) is 0 Å². The van der Waals surface area contributed by atoms with Crippen LogP contribution in [0.1, 0.15) is 35.0 Å². The number of carbonyl (C=O) groups is 2. The summed E-state index contributed by atoms with van der Waals surface area (Å²) in [5, 5.41) is 0. The first-order chi connectivity index (χ1) is 12.7. The number of benzene rings is 1. The second-order valence-corrected chi connectivity index (χ2v) is 8.19. The number of hydrogen-bond donors (Lipinski definition) is 1. The zero-order chi connectivity index (χ0) is 20.2. The predicted molar refractivity (Wildman–Crippen MR) is 100 cm³/mol. The number of ether oxygens (including phenoxy) is 1. The Morgan fingerprint density at radius 2 is 1.93 bits per heavy atom. The molecule has 0 aliphatic heterocycles. The Balaban J connectivity index is 2.40. The van der Waals surface area contributed by atoms with Crippen molar-refractivity contribution in [3.05, 3.63) is 47.3 Å². The molecule has 1 aromatic heterocycles. The minimum atomic E-state index is -3.86. The highest BCUT2D eigenvalue weighted by Crippen LogP contribution is 2.28. The van der Waals surface area contributed by atoms with Crippen molar-refractivity contribution in [1.29, 1.82) is 0 Å². The van der Waals surface area contributed by atoms with Gasteiger partial charge in [0.2, 0.25) is 15.7 Å². The van der Waals surface area contributed by atoms with Crippen LogP contribution in [0, 0.1) is 6.92 Å². The predicted octanol–water partition coefficient (Wildman–Crippen LogP) is 2.35. The lowest BCUT2D eigenvalue weighted by atomic mass is 10.1. The van der Waals surface area contributed by atoms with Gasteiger partial charge in [0.25, 0.3) is 0 Å². The van der Waals surface area contributed by atoms with E-state index in [4.69, 9.17) is 4.74 Å². The maximum Gasteiger partial charge on any atom is 0.338 e. The first-order valence-electron chi connectivity index (χ1n) is 8.57. The van der Waals surface area contributed by atoms with E-state index in [0.29, 0.717) is 17.7 Å². The second kappa shape index (κ2) is 8.39. The van der Waals surface area contributed by atoms with Gasteiger partial charge in [0.15, 0.2) is 0 Å². The van der Waals surface area contributed by atoms with E-state index in [-0.39, 0.29) is 34.3 Å². The molecule has 0 radical (unpaired) electrons. The van der Waals surface area contributed by atoms with Crippen molar-refractivity contribution >= 4 is 21.7 Å². The average Bonchev–Trinajstić information content (AvgIpc) is 3.01. The topological polar surface area (TPSA) is 96.5 Å². The highest BCUT2D eigenvalue weighted by molar-refractivity contribution is 7.91. The fourth-order valence-electron chi connectivity index (χ4n) is 2.71. The number of aryl methyl sites for hydroxylation is 2. The van der Waals surface area contributed by atoms with Gasteiger partial charge in [0.05, 0.1) is 22.0 Å². The van der Waals surface area contributed by atoms with E-state index in [2.05, 4.69) is 4.98 Å². The van der Waals surface area contributed by atoms with E-state index < -0.39 is 15.8 Å². The molecule has 0 spiro atoms. The van der Waals surface area contributed by atoms with Crippen LogP contribution in [0.25, 0.3) is 0 Å². The van der Waals surface area contributed by atoms with Gasteiger partial charge in [-0.15, -0.1) is 0 Å². The largest absolute Gasteiger partial charge is 0.462 e. The maximum absolute atomic E-state index is 13.2. The molecule has 0 aliphatic rings. The van der Waals surface area contributed by atoms with Gasteiger partial charge in [-0.05, 0) is 44.0 Å². The molecule has 7 nitrogen and oxygen atoms in total. The Bertz CT molecular complexity index is 945. The van der Waals surface area contributed by atoms with E-state index in [1.54, 1.807) is 34.1 Å². The Hall–Kier alpha value is -2.61. The third kappa shape index (κ3) is 4.57. The standard InChI is InChI=1S/C19H24N2O5S/c1-5-26-19(23)14-7-6-8-16(11-14)27(24,25)18-13(2)20-12-15(18)9-10-17(22)21(3)4/h6-8,11-12,20H,5,9-10H2,1-4H3. The molecule has 0 aliphatic carbocycles. The quantitative estimate of drug-likeness (QED) is 0.730. The van der Waals surface area contributed by atoms with E-state index >= 15 is 0 Å². The molecule has 0 saturated carbocycles. The molecule has 8 heteroatoms. The monoisotopic (exact) mass is 392 g/mol. The molecule has 0 saturated heterocycles. The summed E-state index contributed by atoms with van der Waals surface area (Å²) in [5.74, 6) is -0.654. The highest BCUT2D eigenvalue weighted by Gasteiger charge is 2.26. The number of H-pyrrole nitrogens is 1. The summed E-state index contributed by atoms with van der Waals surface area (Å²) in [6.07, 6.45) is 2.11. The number of rotatable bonds is 7. The fourth-order valence-corrected chi connectivity index (χ4v) is 4.46. The van der Waals surface area contributed by atoms with Gasteiger partial charge in [-0.3, -0.25) is 4.79 Å². The molecule has 1 amide bonds. The van der Waals surface area contributed by atoms with Crippen LogP contribution < -0.4 is 0 Å². The van der Waals surface area contributed by atoms with Crippen LogP contribution in [-0.4, -0.2) is 50.9 Å². The molecule has 0 atom stereocenters. The van der Waals surface area contributed by atoms with E-state index in [1.165, 1.54) is 29.2 Å². The van der Waals surface area contributed by atoms with Crippen molar-refractivity contribution in [3.8, 4) is 0 Å². The van der Waals surface area contributed by atoms with Crippen molar-refractivity contribution in [3.63, 3.8) is 0 Å². The minimum Gasteiger partial charge on any atom is -0.462 e. The fraction of sp³-hybridized carbons (Fsp3) is 0.368. The number of nitrogens with one attached hydrogen (secondary N) is 1. The summed E-state index contributed by atoms with van der Waals surface area (Å²) in [5.41, 5.74) is 1.21. The minimum absolute atomic E-state index is 0.0101. The van der Waals surface area contributed by atoms with Crippen LogP contribution in [-0.2, 0) is 25.8 Å². The molecule has 1 aromatic carbocycles. The zero-order valence-electron chi connectivity index (χ0n) is 15.9. The molecule has 27 heavy (non-hydrogen) atoms. The molecular formula is C19H24N2O5S. The Kier molecular flexibility index (Phi) is 6.43. The van der Waals surface area contributed by atoms with Crippen molar-refractivity contribution < 1.29 is 22.7 Å². The summed E-state index contributed by atoms with van der Waals surface area (Å²) in [6, 6.07) is 5.78. The normalized spacial score (nSPS) is 11.3. The van der Waals surface area contributed by atoms with Gasteiger partial charge >= 0.3 is 5.97 Å². The number of aromatic nitrogens is 1. The van der Waals surface area contributed by atoms with E-state index in [9.17, 15) is 18.0 Å². The number of amides is 1. The lowest BCUT2D eigenvalue weighted by molar-refractivity contribution is -0.128. The molecule has 0 fully saturated rings. The van der Waals surface area contributed by atoms with Crippen molar-refractivity contribution in [2.24, 2.45) is 0 Å². The Morgan fingerprint density at radius 1 is 1.22 bits per heavy atom. The molecule has 0 bridgehead atoms. The summed E-state index contributed by atoms with van der Waals surface area (Å²) in [6.45, 7) is 3.55. The Morgan fingerprint density at radius 3 is 2.56 bits per heavy atom. The first-order valence-corrected chi connectivity index (χ1v) is 10.1. The van der Waals surface area contributed by atoms with Gasteiger partial charge in [-0.1, -0.05) is 6.07 Å². The van der Waals surface area contributed by atoms with Crippen molar-refractivity contribution in [2.45, 2.75) is 36.5 Å². The van der Waals surface area contributed by atoms with Gasteiger partial charge in [0.1, 0.15) is 0 Å². The van der Waals surface area contributed by atoms with Gasteiger partial charge in [-0.25, -0.2) is 13.2 Å². The van der Waals surface area contributed by atoms with Crippen molar-refractivity contribution in [1.82, 2.24) is 9.88 Å². The highest BCUT2D eigenvalue weighted by atomic mass is 32.2. The smallest absolute Gasteiger partial charge is 0.338 e. The number of hydrogen-bond acceptors (Lipinski definition) is 5. The molecule has 2 rings (SSSR count). The van der Waals surface area contributed by atoms with Gasteiger partial charge in [-0.2, -0.15) is 0 Å². The van der Waals surface area contributed by atoms with Crippen molar-refractivity contribution in [2.75, 3.05) is 20.7 Å². The number of nitrogens with zero attached hydrogens (tertiary/aromatic N) is 1. The lowest BCUT2D eigenvalue weighted by Crippen LogP contribution is -2.22. The van der Waals surface area contributed by atoms with Crippen LogP contribution in [0.4, 0.5) is 0 Å². The SMILES string of the molecule is CCOC(=O)c1cccc(S(=O)(=O)c2c(CCC(=O)N(C)C)c[nH]c2C)c1. The second-order valence-electron chi connectivity index (χ2n) is 6.31. The summed E-state index contributed by atoms with van der Waals surface area (Å²) in [7, 11) is -0.548. The van der Waals surface area contributed by atoms with Crippen LogP contribution in [0.5, 0.6) is 0 Å². The molecule has 146 valence electrons. The van der Waals surface area contributed by atoms with Crippen LogP contribution in [0.2, 0.25) is 0 Å². The van der Waals surface area contributed by atoms with Crippen LogP contribution in [0.15, 0.2) is 40.3 Å². The lowest BCUT2D eigenvalue weighted by Gasteiger charge is -2.11. The summed E-state index contributed by atoms with van der Waals surface area (Å²) < 4.78 is 31.3. The summed E-state index contributed by atoms with van der Waals surface area (Å²) >= 11 is 0. The average molecular weight is 392 g/mol. The number of carbonyl (C=O) groups excluding carboxylic acids is 2. The molecular weight excluding hydrogens is 368 g/mol. The molecule has 2 aromatic rings. The molecule has 1 heterocycles. The van der Waals surface area contributed by atoms with Gasteiger partial charge in [0, 0.05) is 32.4 Å². The van der Waals surface area contributed by atoms with Gasteiger partial charge < -0.3 is 14.6 Å². The molecule has 0 unspecified atom stereocenters. The Labute approximate surface area is 159 Å². The number of aromatic amines is 1. The third-order valence-corrected chi connectivity index (χ3v) is 6.11. The maximum atomic E-state index is 13.2. The number of sulfone groups is 1. The first kappa shape index (κ1) is 20.7. The van der Waals surface area contributed by atoms with E-state index in [1.807, 2.05) is 0 Å². The zero-order valence-corrected chi connectivity index (χ0v) is 16.7. The molecule has 1 N–H and O–H groups in total. The number of esters is 1. The third-order valence-electron chi connectivity index (χ3n) is 4.13.